The van der Waals surface area contributed by atoms with Gasteiger partial charge in [-0.25, -0.2) is 0 Å². The molecule has 0 fully saturated rings. The third-order valence-electron chi connectivity index (χ3n) is 2.61. The molecule has 0 amide bonds. The van der Waals surface area contributed by atoms with Gasteiger partial charge in [0.05, 0.1) is 0 Å². The van der Waals surface area contributed by atoms with Crippen LogP contribution < -0.4 is 0 Å². The van der Waals surface area contributed by atoms with Gasteiger partial charge in [0, 0.05) is 21.0 Å². The van der Waals surface area contributed by atoms with Gasteiger partial charge >= 0.3 is 0 Å². The molecule has 0 heterocycles. The van der Waals surface area contributed by atoms with Crippen molar-refractivity contribution in [1.82, 2.24) is 0 Å². The maximum atomic E-state index is 12.1. The summed E-state index contributed by atoms with van der Waals surface area (Å²) in [5, 5.41) is 0.595. The first kappa shape index (κ1) is 12.7. The Hall–Kier alpha value is -0.340. The number of benzene rings is 1. The van der Waals surface area contributed by atoms with Crippen LogP contribution >= 0.6 is 27.5 Å². The van der Waals surface area contributed by atoms with E-state index in [1.54, 1.807) is 12.1 Å². The van der Waals surface area contributed by atoms with Gasteiger partial charge in [-0.15, -0.1) is 0 Å². The van der Waals surface area contributed by atoms with E-state index in [-0.39, 0.29) is 11.7 Å². The molecule has 0 bridgehead atoms. The number of rotatable bonds is 3. The number of halogens is 2. The van der Waals surface area contributed by atoms with E-state index in [1.165, 1.54) is 0 Å². The van der Waals surface area contributed by atoms with Gasteiger partial charge in [0.25, 0.3) is 0 Å². The molecule has 1 unspecified atom stereocenters. The average Bonchev–Trinajstić information content (AvgIpc) is 2.19. The van der Waals surface area contributed by atoms with Crippen molar-refractivity contribution in [2.24, 2.45) is 11.8 Å². The number of carbonyl (C=O) groups is 1. The Morgan fingerprint density at radius 1 is 1.33 bits per heavy atom. The summed E-state index contributed by atoms with van der Waals surface area (Å²) in [6, 6.07) is 5.29. The molecule has 1 rings (SSSR count). The minimum atomic E-state index is 0.0137. The molecule has 1 nitrogen and oxygen atoms in total. The standard InChI is InChI=1S/C12H14BrClO/c1-7(2)8(3)12(15)10-6-9(14)4-5-11(10)13/h4-8H,1-3H3. The lowest BCUT2D eigenvalue weighted by Crippen LogP contribution is -2.17. The number of hydrogen-bond acceptors (Lipinski definition) is 1. The highest BCUT2D eigenvalue weighted by atomic mass is 79.9. The predicted octanol–water partition coefficient (Wildman–Crippen LogP) is 4.58. The van der Waals surface area contributed by atoms with Gasteiger partial charge < -0.3 is 0 Å². The lowest BCUT2D eigenvalue weighted by Gasteiger charge is -2.15. The van der Waals surface area contributed by atoms with Crippen LogP contribution in [0, 0.1) is 11.8 Å². The van der Waals surface area contributed by atoms with Gasteiger partial charge in [0.2, 0.25) is 0 Å². The SMILES string of the molecule is CC(C)C(C)C(=O)c1cc(Cl)ccc1Br. The van der Waals surface area contributed by atoms with Crippen LogP contribution in [0.2, 0.25) is 5.02 Å². The molecule has 3 heteroatoms. The smallest absolute Gasteiger partial charge is 0.167 e. The third-order valence-corrected chi connectivity index (χ3v) is 3.53. The molecule has 0 spiro atoms. The summed E-state index contributed by atoms with van der Waals surface area (Å²) < 4.78 is 0.810. The van der Waals surface area contributed by atoms with Crippen LogP contribution in [-0.4, -0.2) is 5.78 Å². The Balaban J connectivity index is 3.05. The second-order valence-corrected chi connectivity index (χ2v) is 5.31. The van der Waals surface area contributed by atoms with Crippen molar-refractivity contribution in [3.8, 4) is 0 Å². The fourth-order valence-corrected chi connectivity index (χ4v) is 1.85. The second-order valence-electron chi connectivity index (χ2n) is 4.02. The zero-order valence-corrected chi connectivity index (χ0v) is 11.4. The van der Waals surface area contributed by atoms with Crippen molar-refractivity contribution < 1.29 is 4.79 Å². The lowest BCUT2D eigenvalue weighted by atomic mass is 9.90. The Morgan fingerprint density at radius 2 is 1.93 bits per heavy atom. The fourth-order valence-electron chi connectivity index (χ4n) is 1.23. The van der Waals surface area contributed by atoms with E-state index in [4.69, 9.17) is 11.6 Å². The summed E-state index contributed by atoms with van der Waals surface area (Å²) in [7, 11) is 0. The molecule has 0 aliphatic carbocycles. The molecule has 82 valence electrons. The summed E-state index contributed by atoms with van der Waals surface area (Å²) >= 11 is 9.24. The zero-order valence-electron chi connectivity index (χ0n) is 9.05. The number of hydrogen-bond donors (Lipinski definition) is 0. The first-order valence-electron chi connectivity index (χ1n) is 4.92. The van der Waals surface area contributed by atoms with Crippen molar-refractivity contribution in [3.05, 3.63) is 33.3 Å². The molecular weight excluding hydrogens is 275 g/mol. The van der Waals surface area contributed by atoms with E-state index < -0.39 is 0 Å². The molecule has 0 saturated carbocycles. The summed E-state index contributed by atoms with van der Waals surface area (Å²) in [4.78, 5) is 12.1. The number of ketones is 1. The van der Waals surface area contributed by atoms with E-state index in [0.717, 1.165) is 4.47 Å². The Labute approximate surface area is 104 Å². The van der Waals surface area contributed by atoms with Crippen LogP contribution in [0.5, 0.6) is 0 Å². The minimum Gasteiger partial charge on any atom is -0.294 e. The topological polar surface area (TPSA) is 17.1 Å². The zero-order chi connectivity index (χ0) is 11.6. The van der Waals surface area contributed by atoms with Gasteiger partial charge in [0.15, 0.2) is 5.78 Å². The van der Waals surface area contributed by atoms with Crippen LogP contribution in [0.1, 0.15) is 31.1 Å². The highest BCUT2D eigenvalue weighted by Crippen LogP contribution is 2.25. The minimum absolute atomic E-state index is 0.0137. The van der Waals surface area contributed by atoms with E-state index >= 15 is 0 Å². The Kier molecular flexibility index (Phi) is 4.35. The van der Waals surface area contributed by atoms with Crippen LogP contribution in [0.4, 0.5) is 0 Å². The van der Waals surface area contributed by atoms with Crippen molar-refractivity contribution in [3.63, 3.8) is 0 Å². The number of Topliss-reactive ketones (excluding diaryl/α,β-unsaturated/α-hetero) is 1. The van der Waals surface area contributed by atoms with E-state index in [1.807, 2.05) is 26.8 Å². The molecule has 0 N–H and O–H groups in total. The quantitative estimate of drug-likeness (QED) is 0.745. The van der Waals surface area contributed by atoms with Crippen LogP contribution in [0.15, 0.2) is 22.7 Å². The molecule has 0 saturated heterocycles. The summed E-state index contributed by atoms with van der Waals surface area (Å²) in [5.74, 6) is 0.488. The van der Waals surface area contributed by atoms with E-state index in [0.29, 0.717) is 16.5 Å². The second kappa shape index (κ2) is 5.13. The van der Waals surface area contributed by atoms with Crippen LogP contribution in [0.25, 0.3) is 0 Å². The van der Waals surface area contributed by atoms with Crippen LogP contribution in [-0.2, 0) is 0 Å². The van der Waals surface area contributed by atoms with Crippen molar-refractivity contribution in [2.75, 3.05) is 0 Å². The maximum absolute atomic E-state index is 12.1. The Morgan fingerprint density at radius 3 is 2.47 bits per heavy atom. The highest BCUT2D eigenvalue weighted by molar-refractivity contribution is 9.10. The Bertz CT molecular complexity index is 374. The average molecular weight is 290 g/mol. The molecular formula is C12H14BrClO. The first-order chi connectivity index (χ1) is 6.93. The van der Waals surface area contributed by atoms with Gasteiger partial charge in [-0.3, -0.25) is 4.79 Å². The van der Waals surface area contributed by atoms with Gasteiger partial charge in [0.1, 0.15) is 0 Å². The van der Waals surface area contributed by atoms with E-state index in [2.05, 4.69) is 15.9 Å². The molecule has 1 atom stereocenters. The molecule has 0 radical (unpaired) electrons. The largest absolute Gasteiger partial charge is 0.294 e. The van der Waals surface area contributed by atoms with Crippen molar-refractivity contribution in [2.45, 2.75) is 20.8 Å². The monoisotopic (exact) mass is 288 g/mol. The van der Waals surface area contributed by atoms with Gasteiger partial charge in [-0.2, -0.15) is 0 Å². The number of carbonyl (C=O) groups excluding carboxylic acids is 1. The third kappa shape index (κ3) is 3.05. The summed E-state index contributed by atoms with van der Waals surface area (Å²) in [6.45, 7) is 6.03. The molecule has 1 aromatic rings. The molecule has 1 aromatic carbocycles. The summed E-state index contributed by atoms with van der Waals surface area (Å²) in [6.07, 6.45) is 0. The fraction of sp³-hybridized carbons (Fsp3) is 0.417. The normalized spacial score (nSPS) is 12.9. The highest BCUT2D eigenvalue weighted by Gasteiger charge is 2.20. The van der Waals surface area contributed by atoms with Gasteiger partial charge in [-0.05, 0) is 24.1 Å². The molecule has 0 aliphatic heterocycles. The molecule has 0 aromatic heterocycles. The van der Waals surface area contributed by atoms with Crippen molar-refractivity contribution >= 4 is 33.3 Å². The maximum Gasteiger partial charge on any atom is 0.167 e. The van der Waals surface area contributed by atoms with E-state index in [9.17, 15) is 4.79 Å². The summed E-state index contributed by atoms with van der Waals surface area (Å²) in [5.41, 5.74) is 0.670. The lowest BCUT2D eigenvalue weighted by molar-refractivity contribution is 0.0899. The predicted molar refractivity (Wildman–Crippen MR) is 67.5 cm³/mol. The molecule has 0 aliphatic rings. The molecule has 15 heavy (non-hydrogen) atoms. The van der Waals surface area contributed by atoms with Gasteiger partial charge in [-0.1, -0.05) is 48.3 Å². The first-order valence-corrected chi connectivity index (χ1v) is 6.10. The van der Waals surface area contributed by atoms with Crippen molar-refractivity contribution in [1.29, 1.82) is 0 Å². The van der Waals surface area contributed by atoms with Crippen LogP contribution in [0.3, 0.4) is 0 Å².